The van der Waals surface area contributed by atoms with Crippen LogP contribution in [0.15, 0.2) is 0 Å². The molecule has 1 aliphatic heterocycles. The first-order valence-electron chi connectivity index (χ1n) is 5.14. The van der Waals surface area contributed by atoms with Crippen LogP contribution in [0.5, 0.6) is 0 Å². The van der Waals surface area contributed by atoms with Gasteiger partial charge >= 0.3 is 0 Å². The second-order valence-electron chi connectivity index (χ2n) is 3.55. The molecule has 0 aromatic carbocycles. The summed E-state index contributed by atoms with van der Waals surface area (Å²) in [4.78, 5) is 0. The zero-order chi connectivity index (χ0) is 9.68. The van der Waals surface area contributed by atoms with Crippen LogP contribution < -0.4 is 0 Å². The van der Waals surface area contributed by atoms with Crippen molar-refractivity contribution in [3.8, 4) is 0 Å². The van der Waals surface area contributed by atoms with Gasteiger partial charge in [-0.3, -0.25) is 0 Å². The Kier molecular flexibility index (Phi) is 5.07. The molecule has 3 atom stereocenters. The minimum Gasteiger partial charge on any atom is -0.351 e. The van der Waals surface area contributed by atoms with Gasteiger partial charge in [0, 0.05) is 5.92 Å². The number of alkyl halides is 1. The SMILES string of the molecule is CCC[C@H]1O[C@@H](CCl)OC[C@@H]1CC. The van der Waals surface area contributed by atoms with E-state index in [-0.39, 0.29) is 6.29 Å². The molecule has 0 amide bonds. The Morgan fingerprint density at radius 2 is 2.15 bits per heavy atom. The lowest BCUT2D eigenvalue weighted by molar-refractivity contribution is -0.227. The molecule has 1 aliphatic rings. The standard InChI is InChI=1S/C10H19ClO2/c1-3-5-9-8(4-2)7-12-10(6-11)13-9/h8-10H,3-7H2,1-2H3/t8-,9+,10-/m0/s1. The highest BCUT2D eigenvalue weighted by atomic mass is 35.5. The molecule has 0 aliphatic carbocycles. The van der Waals surface area contributed by atoms with E-state index in [0.717, 1.165) is 25.9 Å². The number of hydrogen-bond donors (Lipinski definition) is 0. The van der Waals surface area contributed by atoms with E-state index in [9.17, 15) is 0 Å². The van der Waals surface area contributed by atoms with Crippen LogP contribution in [0.1, 0.15) is 33.1 Å². The molecular weight excluding hydrogens is 188 g/mol. The molecule has 2 nitrogen and oxygen atoms in total. The van der Waals surface area contributed by atoms with Gasteiger partial charge in [0.2, 0.25) is 0 Å². The van der Waals surface area contributed by atoms with Crippen molar-refractivity contribution in [2.24, 2.45) is 5.92 Å². The molecule has 0 spiro atoms. The van der Waals surface area contributed by atoms with Gasteiger partial charge in [-0.2, -0.15) is 0 Å². The molecule has 0 aromatic rings. The van der Waals surface area contributed by atoms with Gasteiger partial charge < -0.3 is 9.47 Å². The molecule has 0 saturated carbocycles. The van der Waals surface area contributed by atoms with E-state index in [1.165, 1.54) is 0 Å². The van der Waals surface area contributed by atoms with E-state index in [1.807, 2.05) is 0 Å². The summed E-state index contributed by atoms with van der Waals surface area (Å²) in [6, 6.07) is 0. The zero-order valence-corrected chi connectivity index (χ0v) is 9.22. The molecule has 13 heavy (non-hydrogen) atoms. The van der Waals surface area contributed by atoms with Crippen molar-refractivity contribution in [1.29, 1.82) is 0 Å². The smallest absolute Gasteiger partial charge is 0.171 e. The van der Waals surface area contributed by atoms with Crippen LogP contribution in [0.4, 0.5) is 0 Å². The predicted molar refractivity (Wildman–Crippen MR) is 54.0 cm³/mol. The highest BCUT2D eigenvalue weighted by Gasteiger charge is 2.29. The summed E-state index contributed by atoms with van der Waals surface area (Å²) >= 11 is 5.69. The third kappa shape index (κ3) is 3.12. The van der Waals surface area contributed by atoms with Crippen molar-refractivity contribution in [1.82, 2.24) is 0 Å². The monoisotopic (exact) mass is 206 g/mol. The van der Waals surface area contributed by atoms with Crippen LogP contribution in [0.2, 0.25) is 0 Å². The summed E-state index contributed by atoms with van der Waals surface area (Å²) in [5.41, 5.74) is 0. The second kappa shape index (κ2) is 5.84. The topological polar surface area (TPSA) is 18.5 Å². The van der Waals surface area contributed by atoms with Gasteiger partial charge in [-0.05, 0) is 12.8 Å². The van der Waals surface area contributed by atoms with Crippen LogP contribution in [0, 0.1) is 5.92 Å². The van der Waals surface area contributed by atoms with Gasteiger partial charge in [-0.1, -0.05) is 20.3 Å². The number of halogens is 1. The maximum atomic E-state index is 5.73. The largest absolute Gasteiger partial charge is 0.351 e. The summed E-state index contributed by atoms with van der Waals surface area (Å²) in [5.74, 6) is 0.996. The lowest BCUT2D eigenvalue weighted by Crippen LogP contribution is -2.40. The van der Waals surface area contributed by atoms with E-state index in [0.29, 0.717) is 17.9 Å². The van der Waals surface area contributed by atoms with Gasteiger partial charge in [-0.15, -0.1) is 11.6 Å². The molecule has 0 N–H and O–H groups in total. The molecule has 0 bridgehead atoms. The molecule has 0 radical (unpaired) electrons. The molecule has 1 fully saturated rings. The zero-order valence-electron chi connectivity index (χ0n) is 8.46. The molecule has 0 unspecified atom stereocenters. The maximum absolute atomic E-state index is 5.73. The van der Waals surface area contributed by atoms with Gasteiger partial charge in [0.05, 0.1) is 18.6 Å². The quantitative estimate of drug-likeness (QED) is 0.659. The fourth-order valence-electron chi connectivity index (χ4n) is 1.73. The van der Waals surface area contributed by atoms with E-state index < -0.39 is 0 Å². The molecule has 1 heterocycles. The Labute approximate surface area is 85.5 Å². The van der Waals surface area contributed by atoms with E-state index in [1.54, 1.807) is 0 Å². The molecule has 1 saturated heterocycles. The first kappa shape index (κ1) is 11.3. The van der Waals surface area contributed by atoms with Crippen molar-refractivity contribution >= 4 is 11.6 Å². The van der Waals surface area contributed by atoms with Crippen LogP contribution in [0.25, 0.3) is 0 Å². The van der Waals surface area contributed by atoms with Gasteiger partial charge in [0.25, 0.3) is 0 Å². The minimum absolute atomic E-state index is 0.180. The second-order valence-corrected chi connectivity index (χ2v) is 3.86. The summed E-state index contributed by atoms with van der Waals surface area (Å²) in [6.07, 6.45) is 3.58. The average molecular weight is 207 g/mol. The van der Waals surface area contributed by atoms with Crippen LogP contribution in [-0.4, -0.2) is 24.9 Å². The first-order valence-corrected chi connectivity index (χ1v) is 5.68. The van der Waals surface area contributed by atoms with Crippen molar-refractivity contribution in [2.45, 2.75) is 45.5 Å². The van der Waals surface area contributed by atoms with Crippen LogP contribution >= 0.6 is 11.6 Å². The lowest BCUT2D eigenvalue weighted by Gasteiger charge is -2.35. The van der Waals surface area contributed by atoms with Crippen molar-refractivity contribution < 1.29 is 9.47 Å². The molecular formula is C10H19ClO2. The highest BCUT2D eigenvalue weighted by molar-refractivity contribution is 6.18. The molecule has 3 heteroatoms. The maximum Gasteiger partial charge on any atom is 0.171 e. The van der Waals surface area contributed by atoms with E-state index in [2.05, 4.69) is 13.8 Å². The Hall–Kier alpha value is 0.210. The van der Waals surface area contributed by atoms with Crippen molar-refractivity contribution in [2.75, 3.05) is 12.5 Å². The Morgan fingerprint density at radius 3 is 2.69 bits per heavy atom. The molecule has 78 valence electrons. The third-order valence-corrected chi connectivity index (χ3v) is 2.82. The summed E-state index contributed by atoms with van der Waals surface area (Å²) in [6.45, 7) is 5.17. The Bertz CT molecular complexity index is 141. The first-order chi connectivity index (χ1) is 6.31. The number of hydrogen-bond acceptors (Lipinski definition) is 2. The predicted octanol–water partition coefficient (Wildman–Crippen LogP) is 2.79. The summed E-state index contributed by atoms with van der Waals surface area (Å²) in [7, 11) is 0. The Balaban J connectivity index is 2.42. The number of rotatable bonds is 4. The molecule has 0 aromatic heterocycles. The van der Waals surface area contributed by atoms with E-state index >= 15 is 0 Å². The van der Waals surface area contributed by atoms with Crippen LogP contribution in [0.3, 0.4) is 0 Å². The fourth-order valence-corrected chi connectivity index (χ4v) is 1.90. The normalized spacial score (nSPS) is 34.8. The number of ether oxygens (including phenoxy) is 2. The summed E-state index contributed by atoms with van der Waals surface area (Å²) in [5, 5.41) is 0. The van der Waals surface area contributed by atoms with Gasteiger partial charge in [0.1, 0.15) is 0 Å². The average Bonchev–Trinajstić information content (AvgIpc) is 2.18. The van der Waals surface area contributed by atoms with Gasteiger partial charge in [0.15, 0.2) is 6.29 Å². The van der Waals surface area contributed by atoms with E-state index in [4.69, 9.17) is 21.1 Å². The van der Waals surface area contributed by atoms with Gasteiger partial charge in [-0.25, -0.2) is 0 Å². The minimum atomic E-state index is -0.180. The van der Waals surface area contributed by atoms with Crippen LogP contribution in [-0.2, 0) is 9.47 Å². The fraction of sp³-hybridized carbons (Fsp3) is 1.00. The van der Waals surface area contributed by atoms with Crippen molar-refractivity contribution in [3.63, 3.8) is 0 Å². The lowest BCUT2D eigenvalue weighted by atomic mass is 9.96. The molecule has 1 rings (SSSR count). The van der Waals surface area contributed by atoms with Crippen molar-refractivity contribution in [3.05, 3.63) is 0 Å². The third-order valence-electron chi connectivity index (χ3n) is 2.57. The Morgan fingerprint density at radius 1 is 1.38 bits per heavy atom. The summed E-state index contributed by atoms with van der Waals surface area (Å²) < 4.78 is 11.2. The highest BCUT2D eigenvalue weighted by Crippen LogP contribution is 2.25.